The molecule has 26 heavy (non-hydrogen) atoms. The molecule has 1 saturated heterocycles. The number of rotatable bonds is 5. The first kappa shape index (κ1) is 20.1. The number of hydrogen-bond acceptors (Lipinski definition) is 3. The van der Waals surface area contributed by atoms with Crippen molar-refractivity contribution in [2.45, 2.75) is 6.18 Å². The number of amides is 1. The first-order valence-corrected chi connectivity index (χ1v) is 7.86. The Kier molecular flexibility index (Phi) is 6.50. The molecule has 0 bridgehead atoms. The van der Waals surface area contributed by atoms with Crippen LogP contribution in [0.2, 0.25) is 0 Å². The molecule has 0 spiro atoms. The summed E-state index contributed by atoms with van der Waals surface area (Å²) in [5.74, 6) is 0.570. The van der Waals surface area contributed by atoms with E-state index in [0.29, 0.717) is 23.8 Å². The molecule has 2 aromatic carbocycles. The zero-order valence-electron chi connectivity index (χ0n) is 13.7. The second-order valence-corrected chi connectivity index (χ2v) is 5.89. The van der Waals surface area contributed by atoms with Gasteiger partial charge in [-0.2, -0.15) is 13.2 Å². The Labute approximate surface area is 155 Å². The maximum atomic E-state index is 12.7. The fourth-order valence-corrected chi connectivity index (χ4v) is 2.40. The molecule has 1 aliphatic heterocycles. The van der Waals surface area contributed by atoms with Gasteiger partial charge in [-0.1, -0.05) is 12.1 Å². The lowest BCUT2D eigenvalue weighted by Gasteiger charge is -2.27. The summed E-state index contributed by atoms with van der Waals surface area (Å²) in [6, 6.07) is 11.0. The lowest BCUT2D eigenvalue weighted by molar-refractivity contribution is -0.137. The lowest BCUT2D eigenvalue weighted by Crippen LogP contribution is -2.48. The Balaban J connectivity index is 0.00000243. The molecule has 3 rings (SSSR count). The Hall–Kier alpha value is -2.25. The molecule has 8 heteroatoms. The number of alkyl halides is 3. The predicted molar refractivity (Wildman–Crippen MR) is 93.9 cm³/mol. The van der Waals surface area contributed by atoms with Gasteiger partial charge in [-0.3, -0.25) is 4.79 Å². The Morgan fingerprint density at radius 2 is 1.77 bits per heavy atom. The second kappa shape index (κ2) is 8.42. The molecule has 1 heterocycles. The van der Waals surface area contributed by atoms with Crippen LogP contribution >= 0.6 is 12.4 Å². The summed E-state index contributed by atoms with van der Waals surface area (Å²) in [7, 11) is 0. The van der Waals surface area contributed by atoms with Crippen molar-refractivity contribution in [1.82, 2.24) is 10.6 Å². The van der Waals surface area contributed by atoms with Crippen molar-refractivity contribution < 1.29 is 22.7 Å². The largest absolute Gasteiger partial charge is 0.457 e. The van der Waals surface area contributed by atoms with E-state index in [1.807, 2.05) is 0 Å². The van der Waals surface area contributed by atoms with Gasteiger partial charge in [0.2, 0.25) is 0 Å². The Bertz CT molecular complexity index is 764. The SMILES string of the molecule is Cl.O=C(NCC1CNC1)c1cccc(Oc2cccc(C(F)(F)F)c2)c1. The number of halogens is 4. The van der Waals surface area contributed by atoms with Crippen LogP contribution in [-0.2, 0) is 6.18 Å². The average molecular weight is 387 g/mol. The van der Waals surface area contributed by atoms with E-state index in [4.69, 9.17) is 4.74 Å². The molecule has 0 unspecified atom stereocenters. The predicted octanol–water partition coefficient (Wildman–Crippen LogP) is 3.87. The molecule has 0 aromatic heterocycles. The third-order valence-corrected chi connectivity index (χ3v) is 3.91. The first-order chi connectivity index (χ1) is 11.9. The van der Waals surface area contributed by atoms with Crippen LogP contribution in [0, 0.1) is 5.92 Å². The van der Waals surface area contributed by atoms with Gasteiger partial charge in [0.15, 0.2) is 0 Å². The minimum absolute atomic E-state index is 0. The minimum atomic E-state index is -4.43. The Morgan fingerprint density at radius 3 is 2.38 bits per heavy atom. The number of benzene rings is 2. The molecule has 0 saturated carbocycles. The van der Waals surface area contributed by atoms with E-state index in [1.165, 1.54) is 18.2 Å². The van der Waals surface area contributed by atoms with E-state index >= 15 is 0 Å². The molecule has 2 aromatic rings. The molecule has 0 aliphatic carbocycles. The van der Waals surface area contributed by atoms with Crippen molar-refractivity contribution >= 4 is 18.3 Å². The van der Waals surface area contributed by atoms with Crippen LogP contribution in [0.15, 0.2) is 48.5 Å². The van der Waals surface area contributed by atoms with Gasteiger partial charge in [0.1, 0.15) is 11.5 Å². The highest BCUT2D eigenvalue weighted by molar-refractivity contribution is 5.94. The summed E-state index contributed by atoms with van der Waals surface area (Å²) in [6.07, 6.45) is -4.43. The first-order valence-electron chi connectivity index (χ1n) is 7.86. The van der Waals surface area contributed by atoms with Crippen LogP contribution in [-0.4, -0.2) is 25.5 Å². The normalized spacial score (nSPS) is 14.1. The summed E-state index contributed by atoms with van der Waals surface area (Å²) < 4.78 is 43.7. The summed E-state index contributed by atoms with van der Waals surface area (Å²) in [5.41, 5.74) is -0.384. The van der Waals surface area contributed by atoms with Gasteiger partial charge < -0.3 is 15.4 Å². The van der Waals surface area contributed by atoms with E-state index in [-0.39, 0.29) is 24.1 Å². The van der Waals surface area contributed by atoms with E-state index < -0.39 is 11.7 Å². The highest BCUT2D eigenvalue weighted by atomic mass is 35.5. The van der Waals surface area contributed by atoms with Crippen molar-refractivity contribution in [2.75, 3.05) is 19.6 Å². The fraction of sp³-hybridized carbons (Fsp3) is 0.278. The Morgan fingerprint density at radius 1 is 1.12 bits per heavy atom. The van der Waals surface area contributed by atoms with Crippen LogP contribution in [0.1, 0.15) is 15.9 Å². The van der Waals surface area contributed by atoms with Gasteiger partial charge >= 0.3 is 6.18 Å². The van der Waals surface area contributed by atoms with Crippen molar-refractivity contribution in [1.29, 1.82) is 0 Å². The molecular weight excluding hydrogens is 369 g/mol. The zero-order chi connectivity index (χ0) is 17.9. The van der Waals surface area contributed by atoms with E-state index in [0.717, 1.165) is 25.2 Å². The smallest absolute Gasteiger partial charge is 0.416 e. The van der Waals surface area contributed by atoms with Gasteiger partial charge in [0, 0.05) is 31.1 Å². The summed E-state index contributed by atoms with van der Waals surface area (Å²) >= 11 is 0. The van der Waals surface area contributed by atoms with Crippen LogP contribution in [0.3, 0.4) is 0 Å². The zero-order valence-corrected chi connectivity index (χ0v) is 14.5. The van der Waals surface area contributed by atoms with Crippen LogP contribution < -0.4 is 15.4 Å². The third-order valence-electron chi connectivity index (χ3n) is 3.91. The molecule has 4 nitrogen and oxygen atoms in total. The van der Waals surface area contributed by atoms with Gasteiger partial charge in [0.25, 0.3) is 5.91 Å². The molecule has 0 radical (unpaired) electrons. The minimum Gasteiger partial charge on any atom is -0.457 e. The lowest BCUT2D eigenvalue weighted by atomic mass is 10.0. The molecule has 2 N–H and O–H groups in total. The number of nitrogens with one attached hydrogen (secondary N) is 2. The highest BCUT2D eigenvalue weighted by Crippen LogP contribution is 2.32. The second-order valence-electron chi connectivity index (χ2n) is 5.89. The molecule has 1 aliphatic rings. The molecule has 1 fully saturated rings. The highest BCUT2D eigenvalue weighted by Gasteiger charge is 2.30. The van der Waals surface area contributed by atoms with Crippen molar-refractivity contribution in [3.05, 3.63) is 59.7 Å². The molecule has 140 valence electrons. The number of carbonyl (C=O) groups excluding carboxylic acids is 1. The average Bonchev–Trinajstić information content (AvgIpc) is 2.53. The van der Waals surface area contributed by atoms with Crippen molar-refractivity contribution in [3.8, 4) is 11.5 Å². The maximum Gasteiger partial charge on any atom is 0.416 e. The van der Waals surface area contributed by atoms with E-state index in [2.05, 4.69) is 10.6 Å². The third kappa shape index (κ3) is 5.12. The summed E-state index contributed by atoms with van der Waals surface area (Å²) in [4.78, 5) is 12.1. The summed E-state index contributed by atoms with van der Waals surface area (Å²) in [5, 5.41) is 5.96. The number of carbonyl (C=O) groups is 1. The van der Waals surface area contributed by atoms with Crippen molar-refractivity contribution in [3.63, 3.8) is 0 Å². The van der Waals surface area contributed by atoms with Crippen molar-refractivity contribution in [2.24, 2.45) is 5.92 Å². The topological polar surface area (TPSA) is 50.4 Å². The van der Waals surface area contributed by atoms with Gasteiger partial charge in [-0.05, 0) is 36.4 Å². The van der Waals surface area contributed by atoms with Gasteiger partial charge in [-0.25, -0.2) is 0 Å². The molecule has 0 atom stereocenters. The molecular formula is C18H18ClF3N2O2. The summed E-state index contributed by atoms with van der Waals surface area (Å²) in [6.45, 7) is 2.36. The quantitative estimate of drug-likeness (QED) is 0.820. The van der Waals surface area contributed by atoms with Crippen LogP contribution in [0.5, 0.6) is 11.5 Å². The standard InChI is InChI=1S/C18H17F3N2O2.ClH/c19-18(20,21)14-4-2-6-16(8-14)25-15-5-1-3-13(7-15)17(24)23-11-12-9-22-10-12;/h1-8,12,22H,9-11H2,(H,23,24);1H. The van der Waals surface area contributed by atoms with Crippen LogP contribution in [0.4, 0.5) is 13.2 Å². The van der Waals surface area contributed by atoms with E-state index in [9.17, 15) is 18.0 Å². The maximum absolute atomic E-state index is 12.7. The van der Waals surface area contributed by atoms with Gasteiger partial charge in [-0.15, -0.1) is 12.4 Å². The monoisotopic (exact) mass is 386 g/mol. The fourth-order valence-electron chi connectivity index (χ4n) is 2.40. The molecule has 1 amide bonds. The number of ether oxygens (including phenoxy) is 1. The number of hydrogen-bond donors (Lipinski definition) is 2. The van der Waals surface area contributed by atoms with Gasteiger partial charge in [0.05, 0.1) is 5.56 Å². The van der Waals surface area contributed by atoms with E-state index in [1.54, 1.807) is 18.2 Å². The van der Waals surface area contributed by atoms with Crippen LogP contribution in [0.25, 0.3) is 0 Å².